The molecule has 2 aromatic carbocycles. The number of pyridine rings is 1. The first-order chi connectivity index (χ1) is 16.1. The van der Waals surface area contributed by atoms with Gasteiger partial charge in [-0.15, -0.1) is 0 Å². The zero-order valence-corrected chi connectivity index (χ0v) is 18.3. The summed E-state index contributed by atoms with van der Waals surface area (Å²) in [7, 11) is 1.51. The number of anilines is 1. The Balaban J connectivity index is 1.71. The van der Waals surface area contributed by atoms with Crippen molar-refractivity contribution in [2.75, 3.05) is 12.4 Å². The third kappa shape index (κ3) is 4.92. The van der Waals surface area contributed by atoms with Gasteiger partial charge in [0.25, 0.3) is 5.91 Å². The number of hydrogen-bond acceptors (Lipinski definition) is 5. The number of amides is 1. The topological polar surface area (TPSA) is 92.8 Å². The van der Waals surface area contributed by atoms with Crippen molar-refractivity contribution in [2.24, 2.45) is 0 Å². The smallest absolute Gasteiger partial charge is 0.266 e. The molecule has 2 aromatic heterocycles. The second-order valence-corrected chi connectivity index (χ2v) is 7.34. The highest BCUT2D eigenvalue weighted by Gasteiger charge is 2.16. The Bertz CT molecular complexity index is 1360. The van der Waals surface area contributed by atoms with E-state index < -0.39 is 5.91 Å². The van der Waals surface area contributed by atoms with Crippen LogP contribution >= 0.6 is 11.6 Å². The Kier molecular flexibility index (Phi) is 6.48. The zero-order chi connectivity index (χ0) is 23.2. The van der Waals surface area contributed by atoms with Gasteiger partial charge in [0, 0.05) is 35.4 Å². The summed E-state index contributed by atoms with van der Waals surface area (Å²) in [5.41, 5.74) is 3.17. The summed E-state index contributed by atoms with van der Waals surface area (Å²) in [4.78, 5) is 17.0. The van der Waals surface area contributed by atoms with Gasteiger partial charge in [0.1, 0.15) is 23.1 Å². The molecule has 0 aliphatic carbocycles. The van der Waals surface area contributed by atoms with E-state index in [1.807, 2.05) is 42.5 Å². The summed E-state index contributed by atoms with van der Waals surface area (Å²) in [6, 6.07) is 20.0. The number of rotatable bonds is 6. The fourth-order valence-corrected chi connectivity index (χ4v) is 3.44. The van der Waals surface area contributed by atoms with E-state index in [9.17, 15) is 10.1 Å². The minimum atomic E-state index is -0.566. The molecule has 7 nitrogen and oxygen atoms in total. The number of nitriles is 1. The lowest BCUT2D eigenvalue weighted by molar-refractivity contribution is -0.112. The Morgan fingerprint density at radius 2 is 2.00 bits per heavy atom. The van der Waals surface area contributed by atoms with Gasteiger partial charge in [0.05, 0.1) is 17.8 Å². The summed E-state index contributed by atoms with van der Waals surface area (Å²) in [6.07, 6.45) is 6.63. The van der Waals surface area contributed by atoms with Crippen LogP contribution in [0.3, 0.4) is 0 Å². The van der Waals surface area contributed by atoms with Crippen LogP contribution in [0.25, 0.3) is 23.0 Å². The molecule has 8 heteroatoms. The van der Waals surface area contributed by atoms with E-state index in [2.05, 4.69) is 15.4 Å². The summed E-state index contributed by atoms with van der Waals surface area (Å²) in [5, 5.41) is 17.4. The molecule has 0 radical (unpaired) electrons. The highest BCUT2D eigenvalue weighted by molar-refractivity contribution is 6.32. The van der Waals surface area contributed by atoms with Crippen LogP contribution in [0.2, 0.25) is 5.02 Å². The second-order valence-electron chi connectivity index (χ2n) is 6.93. The molecule has 0 unspecified atom stereocenters. The lowest BCUT2D eigenvalue weighted by Crippen LogP contribution is -2.13. The molecule has 1 amide bonds. The van der Waals surface area contributed by atoms with Gasteiger partial charge in [-0.1, -0.05) is 29.8 Å². The lowest BCUT2D eigenvalue weighted by Gasteiger charge is -2.07. The Morgan fingerprint density at radius 1 is 1.18 bits per heavy atom. The number of ether oxygens (including phenoxy) is 1. The fourth-order valence-electron chi connectivity index (χ4n) is 3.18. The van der Waals surface area contributed by atoms with Crippen LogP contribution in [0.4, 0.5) is 5.69 Å². The third-order valence-electron chi connectivity index (χ3n) is 4.77. The molecule has 0 saturated heterocycles. The maximum atomic E-state index is 12.8. The molecule has 4 rings (SSSR count). The number of hydrogen-bond donors (Lipinski definition) is 1. The van der Waals surface area contributed by atoms with Gasteiger partial charge >= 0.3 is 0 Å². The SMILES string of the molecule is COc1ccc(NC(=O)/C(C#N)=C/c2cn(-c3ccccc3)nc2-c2cccnc2)cc1Cl. The van der Waals surface area contributed by atoms with Crippen molar-refractivity contribution < 1.29 is 9.53 Å². The standard InChI is InChI=1S/C25H18ClN5O2/c1-33-23-10-9-20(13-22(23)26)29-25(32)18(14-27)12-19-16-31(21-7-3-2-4-8-21)30-24(19)17-6-5-11-28-15-17/h2-13,15-16H,1H3,(H,29,32)/b18-12+. The van der Waals surface area contributed by atoms with Crippen molar-refractivity contribution in [1.82, 2.24) is 14.8 Å². The van der Waals surface area contributed by atoms with Crippen LogP contribution in [0.15, 0.2) is 84.8 Å². The summed E-state index contributed by atoms with van der Waals surface area (Å²) in [5.74, 6) is -0.0801. The Hall–Kier alpha value is -4.41. The van der Waals surface area contributed by atoms with Crippen molar-refractivity contribution in [3.63, 3.8) is 0 Å². The molecular formula is C25H18ClN5O2. The van der Waals surface area contributed by atoms with Gasteiger partial charge in [0.15, 0.2) is 0 Å². The number of nitrogens with zero attached hydrogens (tertiary/aromatic N) is 4. The number of aromatic nitrogens is 3. The van der Waals surface area contributed by atoms with Crippen LogP contribution in [0.5, 0.6) is 5.75 Å². The van der Waals surface area contributed by atoms with Gasteiger partial charge in [-0.2, -0.15) is 10.4 Å². The van der Waals surface area contributed by atoms with Crippen molar-refractivity contribution in [1.29, 1.82) is 5.26 Å². The number of carbonyl (C=O) groups excluding carboxylic acids is 1. The number of benzene rings is 2. The van der Waals surface area contributed by atoms with E-state index in [0.717, 1.165) is 11.3 Å². The number of para-hydroxylation sites is 1. The predicted molar refractivity (Wildman–Crippen MR) is 127 cm³/mol. The molecule has 0 bridgehead atoms. The highest BCUT2D eigenvalue weighted by Crippen LogP contribution is 2.28. The van der Waals surface area contributed by atoms with Crippen LogP contribution in [0, 0.1) is 11.3 Å². The van der Waals surface area contributed by atoms with Crippen molar-refractivity contribution in [2.45, 2.75) is 0 Å². The summed E-state index contributed by atoms with van der Waals surface area (Å²) in [6.45, 7) is 0. The second kappa shape index (κ2) is 9.81. The lowest BCUT2D eigenvalue weighted by atomic mass is 10.1. The number of methoxy groups -OCH3 is 1. The molecule has 0 atom stereocenters. The maximum absolute atomic E-state index is 12.8. The van der Waals surface area contributed by atoms with Crippen LogP contribution < -0.4 is 10.1 Å². The normalized spacial score (nSPS) is 11.0. The van der Waals surface area contributed by atoms with Gasteiger partial charge in [-0.3, -0.25) is 9.78 Å². The number of halogens is 1. The number of nitrogens with one attached hydrogen (secondary N) is 1. The van der Waals surface area contributed by atoms with Gasteiger partial charge in [-0.05, 0) is 48.5 Å². The molecule has 162 valence electrons. The van der Waals surface area contributed by atoms with E-state index in [1.165, 1.54) is 13.2 Å². The monoisotopic (exact) mass is 455 g/mol. The molecule has 1 N–H and O–H groups in total. The van der Waals surface area contributed by atoms with Crippen molar-refractivity contribution >= 4 is 29.3 Å². The zero-order valence-electron chi connectivity index (χ0n) is 17.6. The van der Waals surface area contributed by atoms with E-state index in [0.29, 0.717) is 27.7 Å². The summed E-state index contributed by atoms with van der Waals surface area (Å²) < 4.78 is 6.82. The largest absolute Gasteiger partial charge is 0.495 e. The average molecular weight is 456 g/mol. The van der Waals surface area contributed by atoms with Crippen LogP contribution in [0.1, 0.15) is 5.56 Å². The third-order valence-corrected chi connectivity index (χ3v) is 5.07. The van der Waals surface area contributed by atoms with E-state index in [-0.39, 0.29) is 5.57 Å². The Morgan fingerprint density at radius 3 is 2.67 bits per heavy atom. The van der Waals surface area contributed by atoms with Crippen LogP contribution in [-0.2, 0) is 4.79 Å². The minimum Gasteiger partial charge on any atom is -0.495 e. The van der Waals surface area contributed by atoms with Crippen molar-refractivity contribution in [3.8, 4) is 28.8 Å². The van der Waals surface area contributed by atoms with E-state index in [4.69, 9.17) is 16.3 Å². The highest BCUT2D eigenvalue weighted by atomic mass is 35.5. The predicted octanol–water partition coefficient (Wildman–Crippen LogP) is 5.14. The fraction of sp³-hybridized carbons (Fsp3) is 0.0400. The summed E-state index contributed by atoms with van der Waals surface area (Å²) >= 11 is 6.13. The first-order valence-corrected chi connectivity index (χ1v) is 10.3. The van der Waals surface area contributed by atoms with Crippen LogP contribution in [-0.4, -0.2) is 27.8 Å². The molecule has 0 fully saturated rings. The first kappa shape index (κ1) is 21.8. The first-order valence-electron chi connectivity index (χ1n) is 9.91. The molecule has 33 heavy (non-hydrogen) atoms. The van der Waals surface area contributed by atoms with Gasteiger partial charge in [-0.25, -0.2) is 4.68 Å². The van der Waals surface area contributed by atoms with E-state index in [1.54, 1.807) is 47.5 Å². The molecule has 0 aliphatic heterocycles. The Labute approximate surface area is 195 Å². The van der Waals surface area contributed by atoms with Gasteiger partial charge in [0.2, 0.25) is 0 Å². The molecule has 4 aromatic rings. The van der Waals surface area contributed by atoms with Gasteiger partial charge < -0.3 is 10.1 Å². The van der Waals surface area contributed by atoms with Crippen molar-refractivity contribution in [3.05, 3.63) is 95.4 Å². The minimum absolute atomic E-state index is 0.0836. The van der Waals surface area contributed by atoms with E-state index >= 15 is 0 Å². The molecular weight excluding hydrogens is 438 g/mol. The molecule has 0 aliphatic rings. The number of carbonyl (C=O) groups is 1. The average Bonchev–Trinajstić information content (AvgIpc) is 3.27. The quantitative estimate of drug-likeness (QED) is 0.321. The molecule has 0 spiro atoms. The molecule has 0 saturated carbocycles. The maximum Gasteiger partial charge on any atom is 0.266 e. The molecule has 2 heterocycles.